The van der Waals surface area contributed by atoms with Gasteiger partial charge < -0.3 is 10.1 Å². The molecule has 0 aliphatic rings. The molecule has 0 aliphatic carbocycles. The molecule has 3 nitrogen and oxygen atoms in total. The molecule has 0 unspecified atom stereocenters. The van der Waals surface area contributed by atoms with Gasteiger partial charge in [-0.05, 0) is 44.7 Å². The van der Waals surface area contributed by atoms with Crippen molar-refractivity contribution < 1.29 is 9.53 Å². The zero-order chi connectivity index (χ0) is 11.5. The Morgan fingerprint density at radius 1 is 1.53 bits per heavy atom. The minimum absolute atomic E-state index is 0.369. The number of amides is 1. The van der Waals surface area contributed by atoms with E-state index in [4.69, 9.17) is 4.74 Å². The molecule has 4 heteroatoms. The van der Waals surface area contributed by atoms with E-state index in [1.807, 2.05) is 33.1 Å². The number of carbonyl (C=O) groups excluding carboxylic acids is 1. The summed E-state index contributed by atoms with van der Waals surface area (Å²) in [4.78, 5) is 12.6. The fraction of sp³-hybridized carbons (Fsp3) is 0.545. The van der Waals surface area contributed by atoms with Crippen LogP contribution in [0.25, 0.3) is 0 Å². The molecule has 0 aliphatic heterocycles. The topological polar surface area (TPSA) is 38.3 Å². The molecule has 0 fully saturated rings. The molecule has 0 radical (unpaired) electrons. The van der Waals surface area contributed by atoms with Gasteiger partial charge >= 0.3 is 6.09 Å². The SMILES string of the molecule is Cc1cc(CNC(=O)OC(C)(C)C)cs1. The van der Waals surface area contributed by atoms with Crippen LogP contribution in [0.5, 0.6) is 0 Å². The highest BCUT2D eigenvalue weighted by molar-refractivity contribution is 7.10. The second-order valence-corrected chi connectivity index (χ2v) is 5.54. The molecule has 15 heavy (non-hydrogen) atoms. The lowest BCUT2D eigenvalue weighted by molar-refractivity contribution is 0.0523. The minimum Gasteiger partial charge on any atom is -0.444 e. The Balaban J connectivity index is 2.35. The van der Waals surface area contributed by atoms with E-state index in [1.54, 1.807) is 11.3 Å². The average molecular weight is 227 g/mol. The summed E-state index contributed by atoms with van der Waals surface area (Å²) < 4.78 is 5.12. The van der Waals surface area contributed by atoms with Crippen LogP contribution in [0.4, 0.5) is 4.79 Å². The third kappa shape index (κ3) is 4.83. The van der Waals surface area contributed by atoms with Crippen LogP contribution in [0, 0.1) is 6.92 Å². The van der Waals surface area contributed by atoms with E-state index in [0.29, 0.717) is 6.54 Å². The van der Waals surface area contributed by atoms with E-state index in [-0.39, 0.29) is 6.09 Å². The highest BCUT2D eigenvalue weighted by Crippen LogP contribution is 2.13. The van der Waals surface area contributed by atoms with Gasteiger partial charge in [-0.1, -0.05) is 0 Å². The smallest absolute Gasteiger partial charge is 0.407 e. The predicted octanol–water partition coefficient (Wildman–Crippen LogP) is 3.08. The Kier molecular flexibility index (Phi) is 3.74. The first-order chi connectivity index (χ1) is 6.87. The normalized spacial score (nSPS) is 11.2. The van der Waals surface area contributed by atoms with Crippen molar-refractivity contribution in [1.29, 1.82) is 0 Å². The van der Waals surface area contributed by atoms with Crippen LogP contribution in [0.15, 0.2) is 11.4 Å². The van der Waals surface area contributed by atoms with E-state index < -0.39 is 5.60 Å². The molecule has 1 aromatic heterocycles. The Morgan fingerprint density at radius 2 is 2.20 bits per heavy atom. The summed E-state index contributed by atoms with van der Waals surface area (Å²) in [5, 5.41) is 4.75. The summed E-state index contributed by atoms with van der Waals surface area (Å²) in [6.45, 7) is 8.12. The zero-order valence-electron chi connectivity index (χ0n) is 9.59. The van der Waals surface area contributed by atoms with Crippen LogP contribution in [-0.4, -0.2) is 11.7 Å². The molecular weight excluding hydrogens is 210 g/mol. The molecule has 0 spiro atoms. The molecule has 0 saturated heterocycles. The van der Waals surface area contributed by atoms with Gasteiger partial charge in [-0.3, -0.25) is 0 Å². The maximum Gasteiger partial charge on any atom is 0.407 e. The molecule has 1 aromatic rings. The summed E-state index contributed by atoms with van der Waals surface area (Å²) >= 11 is 1.68. The molecule has 1 rings (SSSR count). The van der Waals surface area contributed by atoms with Crippen molar-refractivity contribution in [1.82, 2.24) is 5.32 Å². The van der Waals surface area contributed by atoms with E-state index >= 15 is 0 Å². The van der Waals surface area contributed by atoms with E-state index in [1.165, 1.54) is 4.88 Å². The number of nitrogens with one attached hydrogen (secondary N) is 1. The first kappa shape index (κ1) is 12.0. The van der Waals surface area contributed by atoms with Crippen LogP contribution >= 0.6 is 11.3 Å². The fourth-order valence-corrected chi connectivity index (χ4v) is 1.79. The van der Waals surface area contributed by atoms with Gasteiger partial charge in [0.25, 0.3) is 0 Å². The number of hydrogen-bond donors (Lipinski definition) is 1. The first-order valence-corrected chi connectivity index (χ1v) is 5.75. The van der Waals surface area contributed by atoms with Crippen molar-refractivity contribution in [2.75, 3.05) is 0 Å². The number of ether oxygens (including phenoxy) is 1. The Morgan fingerprint density at radius 3 is 2.67 bits per heavy atom. The van der Waals surface area contributed by atoms with Crippen molar-refractivity contribution in [3.63, 3.8) is 0 Å². The third-order valence-electron chi connectivity index (χ3n) is 1.62. The lowest BCUT2D eigenvalue weighted by Crippen LogP contribution is -2.32. The van der Waals surface area contributed by atoms with E-state index in [9.17, 15) is 4.79 Å². The molecule has 0 atom stereocenters. The van der Waals surface area contributed by atoms with Crippen molar-refractivity contribution in [2.45, 2.75) is 39.8 Å². The number of rotatable bonds is 2. The van der Waals surface area contributed by atoms with Crippen molar-refractivity contribution in [3.8, 4) is 0 Å². The standard InChI is InChI=1S/C11H17NO2S/c1-8-5-9(7-15-8)6-12-10(13)14-11(2,3)4/h5,7H,6H2,1-4H3,(H,12,13). The van der Waals surface area contributed by atoms with Gasteiger partial charge in [-0.25, -0.2) is 4.79 Å². The molecular formula is C11H17NO2S. The summed E-state index contributed by atoms with van der Waals surface area (Å²) in [5.74, 6) is 0. The summed E-state index contributed by atoms with van der Waals surface area (Å²) in [7, 11) is 0. The highest BCUT2D eigenvalue weighted by Gasteiger charge is 2.15. The summed E-state index contributed by atoms with van der Waals surface area (Å²) in [6, 6.07) is 2.06. The van der Waals surface area contributed by atoms with Crippen molar-refractivity contribution in [3.05, 3.63) is 21.9 Å². The first-order valence-electron chi connectivity index (χ1n) is 4.88. The summed E-state index contributed by atoms with van der Waals surface area (Å²) in [5.41, 5.74) is 0.678. The maximum atomic E-state index is 11.3. The van der Waals surface area contributed by atoms with Crippen LogP contribution in [-0.2, 0) is 11.3 Å². The molecule has 0 bridgehead atoms. The maximum absolute atomic E-state index is 11.3. The number of alkyl carbamates (subject to hydrolysis) is 1. The molecule has 0 saturated carbocycles. The van der Waals surface area contributed by atoms with Gasteiger partial charge in [-0.2, -0.15) is 0 Å². The molecule has 0 aromatic carbocycles. The average Bonchev–Trinajstić information content (AvgIpc) is 2.45. The third-order valence-corrected chi connectivity index (χ3v) is 2.53. The molecule has 1 amide bonds. The van der Waals surface area contributed by atoms with E-state index in [2.05, 4.69) is 11.4 Å². The molecule has 84 valence electrons. The van der Waals surface area contributed by atoms with E-state index in [0.717, 1.165) is 5.56 Å². The van der Waals surface area contributed by atoms with Crippen molar-refractivity contribution >= 4 is 17.4 Å². The highest BCUT2D eigenvalue weighted by atomic mass is 32.1. The summed E-state index contributed by atoms with van der Waals surface area (Å²) in [6.07, 6.45) is -0.369. The van der Waals surface area contributed by atoms with Gasteiger partial charge in [-0.15, -0.1) is 11.3 Å². The van der Waals surface area contributed by atoms with Crippen LogP contribution in [0.2, 0.25) is 0 Å². The lowest BCUT2D eigenvalue weighted by atomic mass is 10.2. The number of carbonyl (C=O) groups is 1. The van der Waals surface area contributed by atoms with Gasteiger partial charge in [0.05, 0.1) is 0 Å². The fourth-order valence-electron chi connectivity index (χ4n) is 1.08. The monoisotopic (exact) mass is 227 g/mol. The Bertz CT molecular complexity index is 339. The van der Waals surface area contributed by atoms with Crippen LogP contribution in [0.3, 0.4) is 0 Å². The van der Waals surface area contributed by atoms with Crippen LogP contribution < -0.4 is 5.32 Å². The minimum atomic E-state index is -0.436. The van der Waals surface area contributed by atoms with Gasteiger partial charge in [0.1, 0.15) is 5.60 Å². The quantitative estimate of drug-likeness (QED) is 0.843. The zero-order valence-corrected chi connectivity index (χ0v) is 10.4. The Labute approximate surface area is 94.5 Å². The molecule has 1 N–H and O–H groups in total. The van der Waals surface area contributed by atoms with Gasteiger partial charge in [0.15, 0.2) is 0 Å². The Hall–Kier alpha value is -1.03. The second-order valence-electron chi connectivity index (χ2n) is 4.42. The second kappa shape index (κ2) is 4.66. The number of aryl methyl sites for hydroxylation is 1. The number of hydrogen-bond acceptors (Lipinski definition) is 3. The number of thiophene rings is 1. The largest absolute Gasteiger partial charge is 0.444 e. The predicted molar refractivity (Wildman–Crippen MR) is 62.1 cm³/mol. The van der Waals surface area contributed by atoms with Gasteiger partial charge in [0.2, 0.25) is 0 Å². The van der Waals surface area contributed by atoms with Crippen molar-refractivity contribution in [2.24, 2.45) is 0 Å². The molecule has 1 heterocycles. The lowest BCUT2D eigenvalue weighted by Gasteiger charge is -2.19. The van der Waals surface area contributed by atoms with Crippen LogP contribution in [0.1, 0.15) is 31.2 Å². The van der Waals surface area contributed by atoms with Gasteiger partial charge in [0, 0.05) is 11.4 Å².